The third-order valence-corrected chi connectivity index (χ3v) is 4.51. The highest BCUT2D eigenvalue weighted by molar-refractivity contribution is 8.03. The van der Waals surface area contributed by atoms with Crippen LogP contribution in [0.3, 0.4) is 0 Å². The Bertz CT molecular complexity index is 522. The summed E-state index contributed by atoms with van der Waals surface area (Å²) in [5, 5.41) is 3.71. The van der Waals surface area contributed by atoms with Crippen LogP contribution in [-0.2, 0) is 4.84 Å². The first kappa shape index (κ1) is 19.8. The van der Waals surface area contributed by atoms with Gasteiger partial charge in [0.15, 0.2) is 0 Å². The number of amides is 1. The van der Waals surface area contributed by atoms with Crippen LogP contribution >= 0.6 is 58.5 Å². The Hall–Kier alpha value is -0.270. The highest BCUT2D eigenvalue weighted by atomic mass is 35.6. The van der Waals surface area contributed by atoms with Gasteiger partial charge in [-0.2, -0.15) is 0 Å². The topological polar surface area (TPSA) is 41.9 Å². The first-order valence-corrected chi connectivity index (χ1v) is 8.80. The Morgan fingerprint density at radius 2 is 1.86 bits per heavy atom. The molecule has 0 heterocycles. The molecule has 1 amide bonds. The van der Waals surface area contributed by atoms with E-state index in [9.17, 15) is 4.79 Å². The van der Waals surface area contributed by atoms with Gasteiger partial charge in [0.25, 0.3) is 3.12 Å². The molecule has 0 aromatic heterocycles. The minimum Gasteiger partial charge on any atom is -0.298 e. The first-order valence-electron chi connectivity index (χ1n) is 6.08. The predicted molar refractivity (Wildman–Crippen MR) is 97.0 cm³/mol. The number of hydrogen-bond donors (Lipinski definition) is 0. The molecule has 0 bridgehead atoms. The zero-order valence-corrected chi connectivity index (χ0v) is 16.0. The predicted octanol–water partition coefficient (Wildman–Crippen LogP) is 5.59. The summed E-state index contributed by atoms with van der Waals surface area (Å²) in [6.45, 7) is 3.92. The smallest absolute Gasteiger partial charge is 0.298 e. The van der Waals surface area contributed by atoms with Crippen molar-refractivity contribution in [2.45, 2.75) is 26.6 Å². The largest absolute Gasteiger partial charge is 0.445 e. The van der Waals surface area contributed by atoms with Crippen molar-refractivity contribution in [2.24, 2.45) is 5.16 Å². The van der Waals surface area contributed by atoms with Gasteiger partial charge in [-0.1, -0.05) is 58.2 Å². The zero-order chi connectivity index (χ0) is 16.8. The lowest BCUT2D eigenvalue weighted by molar-refractivity contribution is 0.137. The maximum atomic E-state index is 11.7. The molecular weight excluding hydrogens is 387 g/mol. The Morgan fingerprint density at radius 3 is 2.41 bits per heavy atom. The van der Waals surface area contributed by atoms with Crippen LogP contribution in [0.25, 0.3) is 0 Å². The number of carbonyl (C=O) groups excluding carboxylic acids is 1. The number of halogens is 3. The molecule has 1 aromatic rings. The van der Waals surface area contributed by atoms with Crippen molar-refractivity contribution in [3.8, 4) is 0 Å². The number of rotatable bonds is 5. The van der Waals surface area contributed by atoms with Gasteiger partial charge in [0.1, 0.15) is 0 Å². The van der Waals surface area contributed by atoms with E-state index in [4.69, 9.17) is 39.6 Å². The van der Waals surface area contributed by atoms with Gasteiger partial charge in [-0.25, -0.2) is 9.10 Å². The van der Waals surface area contributed by atoms with Crippen molar-refractivity contribution in [3.05, 3.63) is 30.3 Å². The van der Waals surface area contributed by atoms with Gasteiger partial charge in [-0.3, -0.25) is 4.84 Å². The fraction of sp³-hybridized carbons (Fsp3) is 0.385. The maximum Gasteiger partial charge on any atom is 0.445 e. The van der Waals surface area contributed by atoms with E-state index in [-0.39, 0.29) is 4.75 Å². The summed E-state index contributed by atoms with van der Waals surface area (Å²) in [4.78, 5) is 17.5. The van der Waals surface area contributed by atoms with E-state index in [0.717, 1.165) is 9.20 Å². The SMILES string of the molecule is CN(SC(Cl)(Cl)Cl)C(=O)ON=CC(C)(C)Sc1ccccc1. The van der Waals surface area contributed by atoms with Crippen molar-refractivity contribution < 1.29 is 9.63 Å². The van der Waals surface area contributed by atoms with Gasteiger partial charge in [0, 0.05) is 23.9 Å². The lowest BCUT2D eigenvalue weighted by Gasteiger charge is -2.19. The van der Waals surface area contributed by atoms with Crippen molar-refractivity contribution in [3.63, 3.8) is 0 Å². The molecule has 122 valence electrons. The van der Waals surface area contributed by atoms with Crippen LogP contribution in [0.1, 0.15) is 13.8 Å². The quantitative estimate of drug-likeness (QED) is 0.161. The van der Waals surface area contributed by atoms with Crippen LogP contribution in [-0.4, -0.2) is 31.5 Å². The third kappa shape index (κ3) is 8.39. The molecular formula is C13H15Cl3N2O2S2. The van der Waals surface area contributed by atoms with Crippen LogP contribution in [0.4, 0.5) is 4.79 Å². The number of nitrogens with zero attached hydrogens (tertiary/aromatic N) is 2. The molecule has 0 atom stereocenters. The van der Waals surface area contributed by atoms with Gasteiger partial charge in [0.2, 0.25) is 0 Å². The molecule has 1 aromatic carbocycles. The number of thioether (sulfide) groups is 1. The summed E-state index contributed by atoms with van der Waals surface area (Å²) in [5.41, 5.74) is 0. The molecule has 0 saturated carbocycles. The second-order valence-corrected chi connectivity index (χ2v) is 10.7. The summed E-state index contributed by atoms with van der Waals surface area (Å²) in [5.74, 6) is 0. The van der Waals surface area contributed by atoms with E-state index in [1.165, 1.54) is 7.05 Å². The summed E-state index contributed by atoms with van der Waals surface area (Å²) >= 11 is 19.0. The van der Waals surface area contributed by atoms with Crippen molar-refractivity contribution in [1.29, 1.82) is 0 Å². The summed E-state index contributed by atoms with van der Waals surface area (Å²) < 4.78 is -0.926. The Kier molecular flexibility index (Phi) is 7.68. The highest BCUT2D eigenvalue weighted by Crippen LogP contribution is 2.40. The first-order chi connectivity index (χ1) is 10.1. The van der Waals surface area contributed by atoms with Crippen molar-refractivity contribution in [1.82, 2.24) is 4.31 Å². The molecule has 9 heteroatoms. The monoisotopic (exact) mass is 400 g/mol. The second kappa shape index (κ2) is 8.55. The summed E-state index contributed by atoms with van der Waals surface area (Å²) in [7, 11) is 1.42. The highest BCUT2D eigenvalue weighted by Gasteiger charge is 2.27. The van der Waals surface area contributed by atoms with Gasteiger partial charge < -0.3 is 0 Å². The number of benzene rings is 1. The Balaban J connectivity index is 2.51. The standard InChI is InChI=1S/C13H15Cl3N2O2S2/c1-12(2,21-10-7-5-4-6-8-10)9-17-20-11(19)18(3)22-13(14,15)16/h4-9H,1-3H3. The molecule has 0 saturated heterocycles. The van der Waals surface area contributed by atoms with E-state index in [0.29, 0.717) is 11.9 Å². The van der Waals surface area contributed by atoms with Crippen LogP contribution < -0.4 is 0 Å². The molecule has 1 rings (SSSR count). The average molecular weight is 402 g/mol. The summed E-state index contributed by atoms with van der Waals surface area (Å²) in [6.07, 6.45) is 0.823. The molecule has 4 nitrogen and oxygen atoms in total. The van der Waals surface area contributed by atoms with E-state index in [1.54, 1.807) is 18.0 Å². The van der Waals surface area contributed by atoms with Crippen molar-refractivity contribution in [2.75, 3.05) is 7.05 Å². The van der Waals surface area contributed by atoms with Crippen LogP contribution in [0.5, 0.6) is 0 Å². The lowest BCUT2D eigenvalue weighted by atomic mass is 10.2. The number of carbonyl (C=O) groups is 1. The minimum absolute atomic E-state index is 0.345. The van der Waals surface area contributed by atoms with Crippen LogP contribution in [0.15, 0.2) is 40.4 Å². The summed E-state index contributed by atoms with van der Waals surface area (Å²) in [6, 6.07) is 9.86. The number of oxime groups is 1. The molecule has 0 aliphatic carbocycles. The average Bonchev–Trinajstić information content (AvgIpc) is 2.36. The molecule has 22 heavy (non-hydrogen) atoms. The molecule has 0 radical (unpaired) electrons. The van der Waals surface area contributed by atoms with Crippen LogP contribution in [0, 0.1) is 0 Å². The van der Waals surface area contributed by atoms with E-state index in [1.807, 2.05) is 44.2 Å². The normalized spacial score (nSPS) is 12.5. The molecule has 0 N–H and O–H groups in total. The molecule has 0 aliphatic heterocycles. The molecule has 0 fully saturated rings. The third-order valence-electron chi connectivity index (χ3n) is 2.12. The molecule has 0 unspecified atom stereocenters. The van der Waals surface area contributed by atoms with E-state index >= 15 is 0 Å². The lowest BCUT2D eigenvalue weighted by Crippen LogP contribution is -2.23. The van der Waals surface area contributed by atoms with Crippen LogP contribution in [0.2, 0.25) is 0 Å². The fourth-order valence-corrected chi connectivity index (χ4v) is 3.61. The second-order valence-electron chi connectivity index (χ2n) is 4.64. The Labute approximate surface area is 153 Å². The number of alkyl halides is 3. The van der Waals surface area contributed by atoms with Gasteiger partial charge in [0.05, 0.1) is 11.0 Å². The fourth-order valence-electron chi connectivity index (χ4n) is 1.27. The van der Waals surface area contributed by atoms with Crippen molar-refractivity contribution >= 4 is 70.8 Å². The Morgan fingerprint density at radius 1 is 1.27 bits per heavy atom. The van der Waals surface area contributed by atoms with E-state index in [2.05, 4.69) is 5.16 Å². The van der Waals surface area contributed by atoms with Gasteiger partial charge in [-0.15, -0.1) is 11.8 Å². The number of hydrogen-bond acceptors (Lipinski definition) is 5. The van der Waals surface area contributed by atoms with E-state index < -0.39 is 9.22 Å². The van der Waals surface area contributed by atoms with Gasteiger partial charge in [-0.05, 0) is 26.0 Å². The molecule has 0 aliphatic rings. The maximum absolute atomic E-state index is 11.7. The van der Waals surface area contributed by atoms with Gasteiger partial charge >= 0.3 is 6.09 Å². The zero-order valence-electron chi connectivity index (χ0n) is 12.1. The minimum atomic E-state index is -1.64. The molecule has 0 spiro atoms.